The first-order chi connectivity index (χ1) is 10.1. The second kappa shape index (κ2) is 8.46. The van der Waals surface area contributed by atoms with Crippen LogP contribution in [0.5, 0.6) is 0 Å². The fourth-order valence-electron chi connectivity index (χ4n) is 2.33. The Balaban J connectivity index is 2.91. The van der Waals surface area contributed by atoms with Crippen LogP contribution in [0.1, 0.15) is 26.7 Å². The van der Waals surface area contributed by atoms with Gasteiger partial charge in [0.2, 0.25) is 11.8 Å². The van der Waals surface area contributed by atoms with Crippen molar-refractivity contribution in [2.45, 2.75) is 32.7 Å². The van der Waals surface area contributed by atoms with Gasteiger partial charge in [-0.2, -0.15) is 0 Å². The zero-order valence-corrected chi connectivity index (χ0v) is 12.5. The van der Waals surface area contributed by atoms with Crippen molar-refractivity contribution >= 4 is 17.6 Å². The normalized spacial score (nSPS) is 21.0. The Morgan fingerprint density at radius 1 is 1.52 bits per heavy atom. The summed E-state index contributed by atoms with van der Waals surface area (Å²) in [6.45, 7) is 5.05. The van der Waals surface area contributed by atoms with E-state index in [4.69, 9.17) is 15.7 Å². The first kappa shape index (κ1) is 17.2. The summed E-state index contributed by atoms with van der Waals surface area (Å²) in [5.74, 6) is -1.38. The predicted octanol–water partition coefficient (Wildman–Crippen LogP) is -0.487. The summed E-state index contributed by atoms with van der Waals surface area (Å²) in [4.78, 5) is 26.1. The molecule has 0 aliphatic carbocycles. The van der Waals surface area contributed by atoms with Gasteiger partial charge in [-0.25, -0.2) is 0 Å². The van der Waals surface area contributed by atoms with E-state index in [-0.39, 0.29) is 24.3 Å². The first-order valence-corrected chi connectivity index (χ1v) is 7.20. The predicted molar refractivity (Wildman–Crippen MR) is 76.8 cm³/mol. The Hall–Kier alpha value is -1.83. The molecule has 0 aromatic carbocycles. The third-order valence-corrected chi connectivity index (χ3v) is 3.41. The Bertz CT molecular complexity index is 400. The number of morpholine rings is 1. The van der Waals surface area contributed by atoms with Gasteiger partial charge in [0.25, 0.3) is 0 Å². The molecule has 2 atom stereocenters. The summed E-state index contributed by atoms with van der Waals surface area (Å²) >= 11 is 0. The third-order valence-electron chi connectivity index (χ3n) is 3.41. The number of nitrogens with zero attached hydrogens (tertiary/aromatic N) is 2. The topological polar surface area (TPSA) is 117 Å². The van der Waals surface area contributed by atoms with Crippen LogP contribution in [0.25, 0.3) is 0 Å². The molecule has 1 fully saturated rings. The minimum atomic E-state index is -0.713. The van der Waals surface area contributed by atoms with Gasteiger partial charge in [-0.15, -0.1) is 0 Å². The number of amidine groups is 1. The van der Waals surface area contributed by atoms with E-state index in [9.17, 15) is 9.59 Å². The fraction of sp³-hybridized carbons (Fsp3) is 0.769. The molecule has 0 spiro atoms. The number of carbonyl (C=O) groups is 2. The van der Waals surface area contributed by atoms with E-state index < -0.39 is 12.0 Å². The molecular weight excluding hydrogens is 276 g/mol. The van der Waals surface area contributed by atoms with Crippen molar-refractivity contribution in [2.24, 2.45) is 16.8 Å². The van der Waals surface area contributed by atoms with Crippen LogP contribution in [-0.2, 0) is 14.3 Å². The molecule has 0 bridgehead atoms. The van der Waals surface area contributed by atoms with Gasteiger partial charge in [0.1, 0.15) is 6.04 Å². The van der Waals surface area contributed by atoms with E-state index in [2.05, 4.69) is 10.5 Å². The summed E-state index contributed by atoms with van der Waals surface area (Å²) < 4.78 is 5.29. The van der Waals surface area contributed by atoms with Gasteiger partial charge < -0.3 is 25.9 Å². The molecule has 2 unspecified atom stereocenters. The van der Waals surface area contributed by atoms with E-state index in [0.29, 0.717) is 32.5 Å². The highest BCUT2D eigenvalue weighted by Crippen LogP contribution is 2.16. The maximum absolute atomic E-state index is 12.6. The average molecular weight is 300 g/mol. The molecule has 8 nitrogen and oxygen atoms in total. The molecule has 1 heterocycles. The molecule has 1 aliphatic rings. The number of amides is 2. The molecule has 1 rings (SSSR count). The van der Waals surface area contributed by atoms with Crippen molar-refractivity contribution in [1.82, 2.24) is 10.2 Å². The summed E-state index contributed by atoms with van der Waals surface area (Å²) in [5, 5.41) is 14.5. The number of hydrogen-bond acceptors (Lipinski definition) is 5. The smallest absolute Gasteiger partial charge is 0.245 e. The number of nitrogens with one attached hydrogen (secondary N) is 1. The number of carbonyl (C=O) groups excluding carboxylic acids is 2. The van der Waals surface area contributed by atoms with E-state index in [1.807, 2.05) is 13.8 Å². The summed E-state index contributed by atoms with van der Waals surface area (Å²) in [5.41, 5.74) is 5.61. The van der Waals surface area contributed by atoms with E-state index in [0.717, 1.165) is 0 Å². The summed E-state index contributed by atoms with van der Waals surface area (Å²) in [7, 11) is 0. The van der Waals surface area contributed by atoms with Crippen molar-refractivity contribution < 1.29 is 19.5 Å². The van der Waals surface area contributed by atoms with E-state index in [1.165, 1.54) is 4.90 Å². The zero-order valence-electron chi connectivity index (χ0n) is 12.5. The maximum Gasteiger partial charge on any atom is 0.245 e. The van der Waals surface area contributed by atoms with Gasteiger partial charge in [0.15, 0.2) is 5.84 Å². The lowest BCUT2D eigenvalue weighted by Crippen LogP contribution is -2.58. The van der Waals surface area contributed by atoms with Crippen molar-refractivity contribution in [3.63, 3.8) is 0 Å². The summed E-state index contributed by atoms with van der Waals surface area (Å²) in [6.07, 6.45) is 1.18. The molecule has 0 aromatic heterocycles. The molecule has 21 heavy (non-hydrogen) atoms. The van der Waals surface area contributed by atoms with E-state index in [1.54, 1.807) is 0 Å². The highest BCUT2D eigenvalue weighted by Gasteiger charge is 2.37. The van der Waals surface area contributed by atoms with Crippen LogP contribution in [0.2, 0.25) is 0 Å². The van der Waals surface area contributed by atoms with Crippen LogP contribution in [0, 0.1) is 5.92 Å². The number of nitrogens with two attached hydrogens (primary N) is 1. The van der Waals surface area contributed by atoms with Crippen molar-refractivity contribution in [1.29, 1.82) is 0 Å². The van der Waals surface area contributed by atoms with Crippen LogP contribution < -0.4 is 11.1 Å². The number of ether oxygens (including phenoxy) is 1. The SMILES string of the molecule is CCCC(C(=O)N1CCOCC1C(=O)NCC)C(N)=NO. The monoisotopic (exact) mass is 300 g/mol. The van der Waals surface area contributed by atoms with E-state index >= 15 is 0 Å². The highest BCUT2D eigenvalue weighted by atomic mass is 16.5. The second-order valence-corrected chi connectivity index (χ2v) is 4.88. The lowest BCUT2D eigenvalue weighted by Gasteiger charge is -2.36. The molecule has 4 N–H and O–H groups in total. The van der Waals surface area contributed by atoms with Crippen LogP contribution in [-0.4, -0.2) is 60.1 Å². The van der Waals surface area contributed by atoms with Gasteiger partial charge in [0, 0.05) is 13.1 Å². The molecule has 120 valence electrons. The minimum absolute atomic E-state index is 0.122. The maximum atomic E-state index is 12.6. The average Bonchev–Trinajstić information content (AvgIpc) is 2.51. The van der Waals surface area contributed by atoms with Gasteiger partial charge in [0.05, 0.1) is 19.1 Å². The molecule has 1 aliphatic heterocycles. The van der Waals surface area contributed by atoms with Gasteiger partial charge in [-0.05, 0) is 13.3 Å². The van der Waals surface area contributed by atoms with Gasteiger partial charge in [-0.3, -0.25) is 9.59 Å². The number of oxime groups is 1. The fourth-order valence-corrected chi connectivity index (χ4v) is 2.33. The Morgan fingerprint density at radius 2 is 2.24 bits per heavy atom. The lowest BCUT2D eigenvalue weighted by atomic mass is 9.99. The second-order valence-electron chi connectivity index (χ2n) is 4.88. The quantitative estimate of drug-likeness (QED) is 0.265. The summed E-state index contributed by atoms with van der Waals surface area (Å²) in [6, 6.07) is -0.669. The van der Waals surface area contributed by atoms with Gasteiger partial charge in [-0.1, -0.05) is 18.5 Å². The molecule has 8 heteroatoms. The Kier molecular flexibility index (Phi) is 6.93. The molecule has 0 radical (unpaired) electrons. The largest absolute Gasteiger partial charge is 0.409 e. The number of rotatable bonds is 6. The first-order valence-electron chi connectivity index (χ1n) is 7.20. The molecule has 0 saturated carbocycles. The minimum Gasteiger partial charge on any atom is -0.409 e. The van der Waals surface area contributed by atoms with Crippen LogP contribution >= 0.6 is 0 Å². The van der Waals surface area contributed by atoms with Gasteiger partial charge >= 0.3 is 0 Å². The highest BCUT2D eigenvalue weighted by molar-refractivity contribution is 6.03. The van der Waals surface area contributed by atoms with Crippen LogP contribution in [0.15, 0.2) is 5.16 Å². The molecule has 1 saturated heterocycles. The Labute approximate surface area is 124 Å². The third kappa shape index (κ3) is 4.32. The standard InChI is InChI=1S/C13H24N4O4/c1-3-5-9(11(14)16-20)13(19)17-6-7-21-8-10(17)12(18)15-4-2/h9-10,20H,3-8H2,1-2H3,(H2,14,16)(H,15,18). The van der Waals surface area contributed by atoms with Crippen molar-refractivity contribution in [3.8, 4) is 0 Å². The number of likely N-dealkylation sites (N-methyl/N-ethyl adjacent to an activating group) is 1. The molecular formula is C13H24N4O4. The van der Waals surface area contributed by atoms with Crippen LogP contribution in [0.3, 0.4) is 0 Å². The molecule has 0 aromatic rings. The van der Waals surface area contributed by atoms with Crippen LogP contribution in [0.4, 0.5) is 0 Å². The molecule has 2 amide bonds. The van der Waals surface area contributed by atoms with Crippen molar-refractivity contribution in [3.05, 3.63) is 0 Å². The zero-order chi connectivity index (χ0) is 15.8. The lowest BCUT2D eigenvalue weighted by molar-refractivity contribution is -0.150. The van der Waals surface area contributed by atoms with Crippen molar-refractivity contribution in [2.75, 3.05) is 26.3 Å². The Morgan fingerprint density at radius 3 is 2.81 bits per heavy atom. The number of hydrogen-bond donors (Lipinski definition) is 3.